The molecular formula is C23H23N5O4. The molecule has 9 heteroatoms. The van der Waals surface area contributed by atoms with Crippen molar-refractivity contribution in [3.05, 3.63) is 67.1 Å². The number of anilines is 2. The van der Waals surface area contributed by atoms with Crippen molar-refractivity contribution >= 4 is 34.1 Å². The third-order valence-electron chi connectivity index (χ3n) is 4.89. The van der Waals surface area contributed by atoms with E-state index in [2.05, 4.69) is 15.7 Å². The lowest BCUT2D eigenvalue weighted by molar-refractivity contribution is -0.117. The number of nitrogens with one attached hydrogen (secondary N) is 2. The molecule has 2 heterocycles. The minimum atomic E-state index is -0.231. The summed E-state index contributed by atoms with van der Waals surface area (Å²) in [6, 6.07) is 14.7. The molecule has 2 aromatic heterocycles. The number of methoxy groups -OCH3 is 2. The van der Waals surface area contributed by atoms with Gasteiger partial charge >= 0.3 is 0 Å². The van der Waals surface area contributed by atoms with E-state index in [1.54, 1.807) is 44.7 Å². The number of ether oxygens (including phenoxy) is 2. The number of nitrogens with zero attached hydrogens (tertiary/aromatic N) is 3. The molecule has 0 saturated carbocycles. The molecule has 0 unspecified atom stereocenters. The van der Waals surface area contributed by atoms with Crippen molar-refractivity contribution in [2.75, 3.05) is 24.9 Å². The Morgan fingerprint density at radius 1 is 0.875 bits per heavy atom. The molecule has 9 nitrogen and oxygen atoms in total. The number of aromatic nitrogens is 3. The number of fused-ring (bicyclic) bond motifs is 1. The van der Waals surface area contributed by atoms with E-state index in [1.165, 1.54) is 10.9 Å². The second-order valence-electron chi connectivity index (χ2n) is 7.12. The molecule has 0 bridgehead atoms. The third kappa shape index (κ3) is 4.89. The van der Waals surface area contributed by atoms with Gasteiger partial charge in [0.1, 0.15) is 24.6 Å². The van der Waals surface area contributed by atoms with Crippen molar-refractivity contribution in [1.29, 1.82) is 0 Å². The van der Waals surface area contributed by atoms with E-state index >= 15 is 0 Å². The molecule has 0 aliphatic heterocycles. The van der Waals surface area contributed by atoms with E-state index in [9.17, 15) is 9.59 Å². The lowest BCUT2D eigenvalue weighted by atomic mass is 10.2. The Morgan fingerprint density at radius 3 is 2.31 bits per heavy atom. The summed E-state index contributed by atoms with van der Waals surface area (Å²) < 4.78 is 13.7. The topological polar surface area (TPSA) is 99.4 Å². The first-order valence-corrected chi connectivity index (χ1v) is 9.93. The normalized spacial score (nSPS) is 10.7. The van der Waals surface area contributed by atoms with Crippen molar-refractivity contribution < 1.29 is 19.1 Å². The van der Waals surface area contributed by atoms with Gasteiger partial charge in [-0.05, 0) is 48.5 Å². The van der Waals surface area contributed by atoms with Gasteiger partial charge in [0.15, 0.2) is 0 Å². The number of carbonyl (C=O) groups excluding carboxylic acids is 2. The van der Waals surface area contributed by atoms with Gasteiger partial charge in [0, 0.05) is 29.0 Å². The molecule has 0 saturated heterocycles. The molecule has 4 rings (SSSR count). The first-order valence-electron chi connectivity index (χ1n) is 9.93. The Bertz CT molecular complexity index is 1240. The highest BCUT2D eigenvalue weighted by atomic mass is 16.5. The Morgan fingerprint density at radius 2 is 1.56 bits per heavy atom. The molecular weight excluding hydrogens is 410 g/mol. The molecule has 2 aromatic carbocycles. The van der Waals surface area contributed by atoms with E-state index < -0.39 is 0 Å². The predicted octanol–water partition coefficient (Wildman–Crippen LogP) is 3.13. The zero-order valence-corrected chi connectivity index (χ0v) is 17.7. The minimum Gasteiger partial charge on any atom is -0.497 e. The monoisotopic (exact) mass is 433 g/mol. The van der Waals surface area contributed by atoms with Gasteiger partial charge in [-0.1, -0.05) is 0 Å². The maximum absolute atomic E-state index is 12.5. The first kappa shape index (κ1) is 21.0. The minimum absolute atomic E-state index is 0.0198. The van der Waals surface area contributed by atoms with Crippen LogP contribution in [0.5, 0.6) is 11.5 Å². The van der Waals surface area contributed by atoms with Crippen LogP contribution in [-0.4, -0.2) is 40.4 Å². The van der Waals surface area contributed by atoms with Crippen molar-refractivity contribution in [1.82, 2.24) is 14.3 Å². The lowest BCUT2D eigenvalue weighted by Gasteiger charge is -2.07. The largest absolute Gasteiger partial charge is 0.497 e. The van der Waals surface area contributed by atoms with Gasteiger partial charge in [-0.25, -0.2) is 0 Å². The van der Waals surface area contributed by atoms with Gasteiger partial charge in [-0.2, -0.15) is 5.10 Å². The van der Waals surface area contributed by atoms with Crippen molar-refractivity contribution in [3.8, 4) is 11.5 Å². The molecule has 0 aliphatic carbocycles. The Hall–Kier alpha value is -4.27. The average Bonchev–Trinajstić information content (AvgIpc) is 3.40. The van der Waals surface area contributed by atoms with Crippen LogP contribution in [0, 0.1) is 0 Å². The van der Waals surface area contributed by atoms with Gasteiger partial charge in [-0.3, -0.25) is 14.3 Å². The van der Waals surface area contributed by atoms with Gasteiger partial charge in [0.2, 0.25) is 11.8 Å². The fourth-order valence-corrected chi connectivity index (χ4v) is 3.33. The molecule has 164 valence electrons. The van der Waals surface area contributed by atoms with Crippen LogP contribution in [0.3, 0.4) is 0 Å². The van der Waals surface area contributed by atoms with Gasteiger partial charge in [0.25, 0.3) is 0 Å². The van der Waals surface area contributed by atoms with E-state index in [1.807, 2.05) is 35.0 Å². The molecule has 0 spiro atoms. The zero-order valence-electron chi connectivity index (χ0n) is 17.7. The summed E-state index contributed by atoms with van der Waals surface area (Å²) in [6.07, 6.45) is 4.98. The molecule has 4 aromatic rings. The number of benzene rings is 2. The second-order valence-corrected chi connectivity index (χ2v) is 7.12. The summed E-state index contributed by atoms with van der Waals surface area (Å²) in [6.45, 7) is 0.172. The van der Waals surface area contributed by atoms with Crippen LogP contribution < -0.4 is 20.1 Å². The first-order chi connectivity index (χ1) is 15.5. The highest BCUT2D eigenvalue weighted by Gasteiger charge is 2.10. The Balaban J connectivity index is 1.32. The number of hydrogen-bond acceptors (Lipinski definition) is 5. The van der Waals surface area contributed by atoms with E-state index in [4.69, 9.17) is 9.47 Å². The smallest absolute Gasteiger partial charge is 0.246 e. The Kier molecular flexibility index (Phi) is 6.07. The molecule has 0 aliphatic rings. The zero-order chi connectivity index (χ0) is 22.5. The summed E-state index contributed by atoms with van der Waals surface area (Å²) >= 11 is 0. The molecule has 0 fully saturated rings. The number of rotatable bonds is 8. The van der Waals surface area contributed by atoms with E-state index in [0.717, 1.165) is 16.7 Å². The number of hydrogen-bond donors (Lipinski definition) is 2. The fourth-order valence-electron chi connectivity index (χ4n) is 3.33. The summed E-state index contributed by atoms with van der Waals surface area (Å²) in [5, 5.41) is 10.7. The van der Waals surface area contributed by atoms with Crippen LogP contribution in [0.4, 0.5) is 11.4 Å². The van der Waals surface area contributed by atoms with Crippen LogP contribution >= 0.6 is 0 Å². The van der Waals surface area contributed by atoms with Crippen LogP contribution in [0.25, 0.3) is 10.9 Å². The second kappa shape index (κ2) is 9.25. The predicted molar refractivity (Wildman–Crippen MR) is 121 cm³/mol. The average molecular weight is 433 g/mol. The summed E-state index contributed by atoms with van der Waals surface area (Å²) in [4.78, 5) is 24.7. The SMILES string of the molecule is COc1ccc(NC(=O)Cn2cc(NC(=O)Cn3ccc4cc(OC)ccc43)cn2)cc1. The maximum Gasteiger partial charge on any atom is 0.246 e. The van der Waals surface area contributed by atoms with Crippen molar-refractivity contribution in [2.45, 2.75) is 13.1 Å². The standard InChI is InChI=1S/C23H23N5O4/c1-31-19-5-3-17(4-6-19)25-23(30)15-28-13-18(12-24-28)26-22(29)14-27-10-9-16-11-20(32-2)7-8-21(16)27/h3-13H,14-15H2,1-2H3,(H,25,30)(H,26,29). The molecule has 0 atom stereocenters. The molecule has 2 N–H and O–H groups in total. The van der Waals surface area contributed by atoms with Gasteiger partial charge in [-0.15, -0.1) is 0 Å². The summed E-state index contributed by atoms with van der Waals surface area (Å²) in [5.41, 5.74) is 2.12. The molecule has 32 heavy (non-hydrogen) atoms. The summed E-state index contributed by atoms with van der Waals surface area (Å²) in [7, 11) is 3.20. The molecule has 0 radical (unpaired) electrons. The van der Waals surface area contributed by atoms with Crippen LogP contribution in [0.1, 0.15) is 0 Å². The van der Waals surface area contributed by atoms with E-state index in [-0.39, 0.29) is 24.9 Å². The quantitative estimate of drug-likeness (QED) is 0.445. The highest BCUT2D eigenvalue weighted by Crippen LogP contribution is 2.22. The van der Waals surface area contributed by atoms with Crippen molar-refractivity contribution in [2.24, 2.45) is 0 Å². The van der Waals surface area contributed by atoms with E-state index in [0.29, 0.717) is 17.1 Å². The fraction of sp³-hybridized carbons (Fsp3) is 0.174. The number of amides is 2. The lowest BCUT2D eigenvalue weighted by Crippen LogP contribution is -2.19. The van der Waals surface area contributed by atoms with Gasteiger partial charge < -0.3 is 24.7 Å². The Labute approximate surface area is 184 Å². The van der Waals surface area contributed by atoms with Crippen LogP contribution in [0.2, 0.25) is 0 Å². The van der Waals surface area contributed by atoms with Crippen molar-refractivity contribution in [3.63, 3.8) is 0 Å². The van der Waals surface area contributed by atoms with Crippen LogP contribution in [0.15, 0.2) is 67.1 Å². The molecule has 2 amide bonds. The van der Waals surface area contributed by atoms with Gasteiger partial charge in [0.05, 0.1) is 26.1 Å². The highest BCUT2D eigenvalue weighted by molar-refractivity contribution is 5.92. The summed E-state index contributed by atoms with van der Waals surface area (Å²) in [5.74, 6) is 1.05. The third-order valence-corrected chi connectivity index (χ3v) is 4.89. The maximum atomic E-state index is 12.5. The number of carbonyl (C=O) groups is 2. The van der Waals surface area contributed by atoms with Crippen LogP contribution in [-0.2, 0) is 22.7 Å².